The number of phenols is 1. The Kier molecular flexibility index (Phi) is 6.14. The van der Waals surface area contributed by atoms with Gasteiger partial charge in [0.1, 0.15) is 11.3 Å². The Balaban J connectivity index is 2.09. The standard InChI is InChI=1S/C16H10BrClF3NO4/c17-8-4-5-12(23)9(6-8)15(25)26-7-13(24)22-14-10(16(19,20)21)2-1-3-11(14)18/h1-6,23H,7H2,(H,22,24). The highest BCUT2D eigenvalue weighted by atomic mass is 79.9. The molecule has 0 bridgehead atoms. The van der Waals surface area contributed by atoms with Gasteiger partial charge in [-0.1, -0.05) is 33.6 Å². The number of anilines is 1. The molecule has 0 spiro atoms. The number of alkyl halides is 3. The molecule has 0 aliphatic carbocycles. The summed E-state index contributed by atoms with van der Waals surface area (Å²) in [7, 11) is 0. The monoisotopic (exact) mass is 451 g/mol. The number of nitrogens with one attached hydrogen (secondary N) is 1. The molecule has 5 nitrogen and oxygen atoms in total. The van der Waals surface area contributed by atoms with Gasteiger partial charge in [0.2, 0.25) is 0 Å². The summed E-state index contributed by atoms with van der Waals surface area (Å²) in [6.07, 6.45) is -4.73. The Bertz CT molecular complexity index is 858. The number of phenolic OH excluding ortho intramolecular Hbond substituents is 1. The number of hydrogen-bond acceptors (Lipinski definition) is 4. The largest absolute Gasteiger partial charge is 0.507 e. The number of esters is 1. The van der Waals surface area contributed by atoms with Crippen LogP contribution in [-0.4, -0.2) is 23.6 Å². The van der Waals surface area contributed by atoms with Crippen LogP contribution >= 0.6 is 27.5 Å². The van der Waals surface area contributed by atoms with Crippen molar-refractivity contribution >= 4 is 45.1 Å². The second kappa shape index (κ2) is 7.96. The number of rotatable bonds is 4. The van der Waals surface area contributed by atoms with Crippen LogP contribution in [0.25, 0.3) is 0 Å². The van der Waals surface area contributed by atoms with Gasteiger partial charge in [0.25, 0.3) is 5.91 Å². The van der Waals surface area contributed by atoms with Crippen LogP contribution in [0.3, 0.4) is 0 Å². The van der Waals surface area contributed by atoms with Gasteiger partial charge in [-0.3, -0.25) is 4.79 Å². The predicted octanol–water partition coefficient (Wildman–Crippen LogP) is 4.62. The Morgan fingerprint density at radius 2 is 1.92 bits per heavy atom. The molecular weight excluding hydrogens is 443 g/mol. The van der Waals surface area contributed by atoms with Crippen molar-refractivity contribution in [3.63, 3.8) is 0 Å². The summed E-state index contributed by atoms with van der Waals surface area (Å²) < 4.78 is 44.1. The highest BCUT2D eigenvalue weighted by molar-refractivity contribution is 9.10. The van der Waals surface area contributed by atoms with Crippen molar-refractivity contribution in [2.45, 2.75) is 6.18 Å². The van der Waals surface area contributed by atoms with Gasteiger partial charge < -0.3 is 15.2 Å². The molecule has 138 valence electrons. The fourth-order valence-corrected chi connectivity index (χ4v) is 2.53. The van der Waals surface area contributed by atoms with E-state index >= 15 is 0 Å². The third kappa shape index (κ3) is 4.89. The lowest BCUT2D eigenvalue weighted by Gasteiger charge is -2.15. The minimum atomic E-state index is -4.73. The van der Waals surface area contributed by atoms with Crippen LogP contribution in [0.1, 0.15) is 15.9 Å². The van der Waals surface area contributed by atoms with Crippen molar-refractivity contribution in [1.29, 1.82) is 0 Å². The summed E-state index contributed by atoms with van der Waals surface area (Å²) >= 11 is 8.82. The topological polar surface area (TPSA) is 75.6 Å². The molecule has 0 saturated carbocycles. The first-order chi connectivity index (χ1) is 12.1. The quantitative estimate of drug-likeness (QED) is 0.664. The Morgan fingerprint density at radius 3 is 2.58 bits per heavy atom. The molecule has 2 rings (SSSR count). The molecule has 0 atom stereocenters. The van der Waals surface area contributed by atoms with Crippen LogP contribution < -0.4 is 5.32 Å². The van der Waals surface area contributed by atoms with Gasteiger partial charge in [-0.15, -0.1) is 0 Å². The van der Waals surface area contributed by atoms with Crippen molar-refractivity contribution in [2.24, 2.45) is 0 Å². The second-order valence-corrected chi connectivity index (χ2v) is 6.27. The third-order valence-electron chi connectivity index (χ3n) is 3.10. The van der Waals surface area contributed by atoms with E-state index in [9.17, 15) is 27.9 Å². The van der Waals surface area contributed by atoms with Gasteiger partial charge in [0.05, 0.1) is 16.3 Å². The number of amides is 1. The molecule has 0 aliphatic heterocycles. The molecular formula is C16H10BrClF3NO4. The highest BCUT2D eigenvalue weighted by Crippen LogP contribution is 2.38. The third-order valence-corrected chi connectivity index (χ3v) is 3.90. The molecule has 0 heterocycles. The number of aromatic hydroxyl groups is 1. The maximum Gasteiger partial charge on any atom is 0.418 e. The first kappa shape index (κ1) is 20.1. The second-order valence-electron chi connectivity index (χ2n) is 4.95. The maximum absolute atomic E-state index is 13.0. The van der Waals surface area contributed by atoms with Crippen molar-refractivity contribution in [2.75, 3.05) is 11.9 Å². The van der Waals surface area contributed by atoms with Crippen molar-refractivity contribution < 1.29 is 32.6 Å². The number of benzene rings is 2. The Morgan fingerprint density at radius 1 is 1.23 bits per heavy atom. The minimum Gasteiger partial charge on any atom is -0.507 e. The smallest absolute Gasteiger partial charge is 0.418 e. The molecule has 0 unspecified atom stereocenters. The summed E-state index contributed by atoms with van der Waals surface area (Å²) in [6, 6.07) is 7.02. The lowest BCUT2D eigenvalue weighted by molar-refractivity contribution is -0.137. The van der Waals surface area contributed by atoms with Gasteiger partial charge in [-0.05, 0) is 30.3 Å². The van der Waals surface area contributed by atoms with E-state index < -0.39 is 35.9 Å². The zero-order valence-electron chi connectivity index (χ0n) is 12.7. The van der Waals surface area contributed by atoms with Crippen LogP contribution in [-0.2, 0) is 15.7 Å². The van der Waals surface area contributed by atoms with E-state index in [1.807, 2.05) is 5.32 Å². The molecule has 10 heteroatoms. The van der Waals surface area contributed by atoms with Crippen LogP contribution in [0, 0.1) is 0 Å². The number of carbonyl (C=O) groups excluding carboxylic acids is 2. The highest BCUT2D eigenvalue weighted by Gasteiger charge is 2.34. The summed E-state index contributed by atoms with van der Waals surface area (Å²) in [4.78, 5) is 23.7. The van der Waals surface area contributed by atoms with E-state index in [4.69, 9.17) is 16.3 Å². The number of carbonyl (C=O) groups is 2. The molecule has 2 N–H and O–H groups in total. The number of hydrogen-bond donors (Lipinski definition) is 2. The van der Waals surface area contributed by atoms with E-state index in [1.165, 1.54) is 24.3 Å². The number of para-hydroxylation sites is 1. The van der Waals surface area contributed by atoms with Gasteiger partial charge in [0.15, 0.2) is 6.61 Å². The maximum atomic E-state index is 13.0. The van der Waals surface area contributed by atoms with Crippen molar-refractivity contribution in [3.8, 4) is 5.75 Å². The van der Waals surface area contributed by atoms with Crippen molar-refractivity contribution in [3.05, 3.63) is 57.0 Å². The number of halogens is 5. The Labute approximate surface area is 158 Å². The van der Waals surface area contributed by atoms with E-state index in [0.717, 1.165) is 12.1 Å². The molecule has 2 aromatic rings. The minimum absolute atomic E-state index is 0.208. The van der Waals surface area contributed by atoms with Crippen LogP contribution in [0.2, 0.25) is 5.02 Å². The lowest BCUT2D eigenvalue weighted by atomic mass is 10.1. The summed E-state index contributed by atoms with van der Waals surface area (Å²) in [5, 5.41) is 11.3. The van der Waals surface area contributed by atoms with Gasteiger partial charge >= 0.3 is 12.1 Å². The average Bonchev–Trinajstić information content (AvgIpc) is 2.55. The molecule has 0 aliphatic rings. The van der Waals surface area contributed by atoms with Gasteiger partial charge in [-0.25, -0.2) is 4.79 Å². The van der Waals surface area contributed by atoms with Crippen LogP contribution in [0.5, 0.6) is 5.75 Å². The fraction of sp³-hybridized carbons (Fsp3) is 0.125. The van der Waals surface area contributed by atoms with E-state index in [-0.39, 0.29) is 16.3 Å². The normalized spacial score (nSPS) is 11.1. The van der Waals surface area contributed by atoms with Crippen LogP contribution in [0.4, 0.5) is 18.9 Å². The SMILES string of the molecule is O=C(COC(=O)c1cc(Br)ccc1O)Nc1c(Cl)cccc1C(F)(F)F. The van der Waals surface area contributed by atoms with E-state index in [2.05, 4.69) is 15.9 Å². The first-order valence-corrected chi connectivity index (χ1v) is 8.08. The van der Waals surface area contributed by atoms with Crippen LogP contribution in [0.15, 0.2) is 40.9 Å². The zero-order valence-corrected chi connectivity index (χ0v) is 15.1. The molecule has 0 radical (unpaired) electrons. The van der Waals surface area contributed by atoms with E-state index in [1.54, 1.807) is 0 Å². The summed E-state index contributed by atoms with van der Waals surface area (Å²) in [5.74, 6) is -2.41. The number of ether oxygens (including phenoxy) is 1. The van der Waals surface area contributed by atoms with Crippen molar-refractivity contribution in [1.82, 2.24) is 0 Å². The molecule has 26 heavy (non-hydrogen) atoms. The average molecular weight is 453 g/mol. The zero-order chi connectivity index (χ0) is 19.5. The molecule has 2 aromatic carbocycles. The lowest BCUT2D eigenvalue weighted by Crippen LogP contribution is -2.23. The van der Waals surface area contributed by atoms with E-state index in [0.29, 0.717) is 4.47 Å². The fourth-order valence-electron chi connectivity index (χ4n) is 1.94. The van der Waals surface area contributed by atoms with Gasteiger partial charge in [0, 0.05) is 4.47 Å². The molecule has 1 amide bonds. The van der Waals surface area contributed by atoms with Gasteiger partial charge in [-0.2, -0.15) is 13.2 Å². The molecule has 0 saturated heterocycles. The molecule has 0 fully saturated rings. The first-order valence-electron chi connectivity index (χ1n) is 6.91. The summed E-state index contributed by atoms with van der Waals surface area (Å²) in [6.45, 7) is -0.868. The Hall–Kier alpha value is -2.26. The summed E-state index contributed by atoms with van der Waals surface area (Å²) in [5.41, 5.74) is -1.97. The predicted molar refractivity (Wildman–Crippen MR) is 91.2 cm³/mol. The molecule has 0 aromatic heterocycles.